The summed E-state index contributed by atoms with van der Waals surface area (Å²) in [6.45, 7) is 1.68. The Morgan fingerprint density at radius 2 is 2.39 bits per heavy atom. The molecule has 0 bridgehead atoms. The Balaban J connectivity index is 1.88. The number of likely N-dealkylation sites (N-methyl/N-ethyl adjacent to an activating group) is 1. The van der Waals surface area contributed by atoms with Crippen molar-refractivity contribution >= 4 is 17.7 Å². The molecule has 1 heterocycles. The van der Waals surface area contributed by atoms with E-state index in [2.05, 4.69) is 20.8 Å². The maximum atomic E-state index is 11.1. The van der Waals surface area contributed by atoms with E-state index in [0.29, 0.717) is 18.2 Å². The predicted molar refractivity (Wildman–Crippen MR) is 66.5 cm³/mol. The number of hydrogen-bond acceptors (Lipinski definition) is 6. The summed E-state index contributed by atoms with van der Waals surface area (Å²) >= 11 is 1.51. The number of aliphatic carboxylic acids is 1. The molecule has 0 aliphatic heterocycles. The van der Waals surface area contributed by atoms with Crippen LogP contribution in [0.15, 0.2) is 5.16 Å². The first-order valence-electron chi connectivity index (χ1n) is 5.90. The van der Waals surface area contributed by atoms with E-state index in [-0.39, 0.29) is 0 Å². The van der Waals surface area contributed by atoms with Gasteiger partial charge in [-0.3, -0.25) is 4.79 Å². The zero-order chi connectivity index (χ0) is 13.2. The first kappa shape index (κ1) is 13.3. The SMILES string of the molecule is CNC(C)(CCSc1nnnn1C1CC1)C(=O)O. The average molecular weight is 271 g/mol. The van der Waals surface area contributed by atoms with Crippen LogP contribution in [0, 0.1) is 0 Å². The van der Waals surface area contributed by atoms with Gasteiger partial charge in [-0.25, -0.2) is 4.68 Å². The van der Waals surface area contributed by atoms with E-state index < -0.39 is 11.5 Å². The summed E-state index contributed by atoms with van der Waals surface area (Å²) in [6.07, 6.45) is 2.77. The third-order valence-corrected chi connectivity index (χ3v) is 4.15. The number of carboxylic acids is 1. The van der Waals surface area contributed by atoms with Crippen molar-refractivity contribution in [1.82, 2.24) is 25.5 Å². The second-order valence-corrected chi connectivity index (χ2v) is 5.68. The van der Waals surface area contributed by atoms with Gasteiger partial charge in [-0.1, -0.05) is 11.8 Å². The van der Waals surface area contributed by atoms with Gasteiger partial charge in [-0.15, -0.1) is 5.10 Å². The van der Waals surface area contributed by atoms with E-state index in [0.717, 1.165) is 18.0 Å². The molecule has 100 valence electrons. The molecule has 1 aliphatic carbocycles. The van der Waals surface area contributed by atoms with Crippen molar-refractivity contribution in [2.45, 2.75) is 42.9 Å². The maximum absolute atomic E-state index is 11.1. The molecule has 8 heteroatoms. The summed E-state index contributed by atoms with van der Waals surface area (Å²) in [7, 11) is 1.66. The third kappa shape index (κ3) is 2.81. The Bertz CT molecular complexity index is 434. The molecule has 2 N–H and O–H groups in total. The van der Waals surface area contributed by atoms with Gasteiger partial charge in [0, 0.05) is 5.75 Å². The molecule has 0 aromatic carbocycles. The fraction of sp³-hybridized carbons (Fsp3) is 0.800. The van der Waals surface area contributed by atoms with Gasteiger partial charge in [0.2, 0.25) is 5.16 Å². The Morgan fingerprint density at radius 3 is 2.94 bits per heavy atom. The molecule has 18 heavy (non-hydrogen) atoms. The summed E-state index contributed by atoms with van der Waals surface area (Å²) in [5, 5.41) is 24.3. The van der Waals surface area contributed by atoms with Crippen LogP contribution in [0.4, 0.5) is 0 Å². The molecule has 0 spiro atoms. The van der Waals surface area contributed by atoms with E-state index in [1.807, 2.05) is 4.68 Å². The van der Waals surface area contributed by atoms with Crippen molar-refractivity contribution in [3.8, 4) is 0 Å². The Kier molecular flexibility index (Phi) is 3.86. The van der Waals surface area contributed by atoms with E-state index in [1.165, 1.54) is 11.8 Å². The molecular weight excluding hydrogens is 254 g/mol. The zero-order valence-electron chi connectivity index (χ0n) is 10.5. The van der Waals surface area contributed by atoms with Gasteiger partial charge in [-0.05, 0) is 43.7 Å². The lowest BCUT2D eigenvalue weighted by molar-refractivity contribution is -0.144. The normalized spacial score (nSPS) is 18.6. The van der Waals surface area contributed by atoms with Crippen molar-refractivity contribution in [2.75, 3.05) is 12.8 Å². The molecule has 2 rings (SSSR count). The number of carbonyl (C=O) groups is 1. The standard InChI is InChI=1S/C10H17N5O2S/c1-10(11-2,8(16)17)5-6-18-9-12-13-14-15(9)7-3-4-7/h7,11H,3-6H2,1-2H3,(H,16,17). The fourth-order valence-corrected chi connectivity index (χ4v) is 2.62. The van der Waals surface area contributed by atoms with Crippen LogP contribution in [0.25, 0.3) is 0 Å². The van der Waals surface area contributed by atoms with Gasteiger partial charge < -0.3 is 10.4 Å². The zero-order valence-corrected chi connectivity index (χ0v) is 11.3. The minimum absolute atomic E-state index is 0.442. The molecule has 1 atom stereocenters. The molecule has 1 aliphatic rings. The molecule has 0 radical (unpaired) electrons. The lowest BCUT2D eigenvalue weighted by Crippen LogP contribution is -2.47. The Hall–Kier alpha value is -1.15. The van der Waals surface area contributed by atoms with Crippen LogP contribution in [0.2, 0.25) is 0 Å². The number of carboxylic acid groups (broad SMARTS) is 1. The van der Waals surface area contributed by atoms with Crippen LogP contribution >= 0.6 is 11.8 Å². The molecule has 0 amide bonds. The first-order valence-corrected chi connectivity index (χ1v) is 6.88. The van der Waals surface area contributed by atoms with Crippen LogP contribution in [-0.4, -0.2) is 49.6 Å². The lowest BCUT2D eigenvalue weighted by atomic mass is 10.00. The molecule has 1 unspecified atom stereocenters. The maximum Gasteiger partial charge on any atom is 0.323 e. The van der Waals surface area contributed by atoms with Gasteiger partial charge >= 0.3 is 5.97 Å². The van der Waals surface area contributed by atoms with Crippen LogP contribution in [0.5, 0.6) is 0 Å². The first-order chi connectivity index (χ1) is 8.57. The number of thioether (sulfide) groups is 1. The molecule has 1 saturated carbocycles. The predicted octanol–water partition coefficient (Wildman–Crippen LogP) is 0.553. The van der Waals surface area contributed by atoms with Crippen molar-refractivity contribution in [1.29, 1.82) is 0 Å². The lowest BCUT2D eigenvalue weighted by Gasteiger charge is -2.23. The summed E-state index contributed by atoms with van der Waals surface area (Å²) in [4.78, 5) is 11.1. The quantitative estimate of drug-likeness (QED) is 0.700. The fourth-order valence-electron chi connectivity index (χ4n) is 1.51. The molecule has 7 nitrogen and oxygen atoms in total. The summed E-state index contributed by atoms with van der Waals surface area (Å²) in [6, 6.07) is 0.442. The average Bonchev–Trinajstić information content (AvgIpc) is 3.09. The number of nitrogens with zero attached hydrogens (tertiary/aromatic N) is 4. The number of rotatable bonds is 7. The largest absolute Gasteiger partial charge is 0.480 e. The molecular formula is C10H17N5O2S. The molecule has 1 fully saturated rings. The monoisotopic (exact) mass is 271 g/mol. The Labute approximate surface area is 109 Å². The van der Waals surface area contributed by atoms with Crippen LogP contribution in [-0.2, 0) is 4.79 Å². The van der Waals surface area contributed by atoms with Gasteiger partial charge in [0.1, 0.15) is 5.54 Å². The minimum Gasteiger partial charge on any atom is -0.480 e. The Morgan fingerprint density at radius 1 is 1.67 bits per heavy atom. The molecule has 1 aromatic rings. The second kappa shape index (κ2) is 5.23. The van der Waals surface area contributed by atoms with E-state index in [1.54, 1.807) is 14.0 Å². The van der Waals surface area contributed by atoms with Crippen molar-refractivity contribution < 1.29 is 9.90 Å². The minimum atomic E-state index is -0.898. The van der Waals surface area contributed by atoms with Crippen LogP contribution in [0.1, 0.15) is 32.2 Å². The van der Waals surface area contributed by atoms with Crippen molar-refractivity contribution in [3.05, 3.63) is 0 Å². The van der Waals surface area contributed by atoms with Crippen LogP contribution < -0.4 is 5.32 Å². The summed E-state index contributed by atoms with van der Waals surface area (Å²) < 4.78 is 1.84. The van der Waals surface area contributed by atoms with Gasteiger partial charge in [0.05, 0.1) is 6.04 Å². The second-order valence-electron chi connectivity index (χ2n) is 4.62. The van der Waals surface area contributed by atoms with Gasteiger partial charge in [0.15, 0.2) is 0 Å². The summed E-state index contributed by atoms with van der Waals surface area (Å²) in [5.41, 5.74) is -0.898. The number of tetrazole rings is 1. The topological polar surface area (TPSA) is 92.9 Å². The molecule has 1 aromatic heterocycles. The van der Waals surface area contributed by atoms with E-state index >= 15 is 0 Å². The number of hydrogen-bond donors (Lipinski definition) is 2. The van der Waals surface area contributed by atoms with Crippen molar-refractivity contribution in [2.24, 2.45) is 0 Å². The van der Waals surface area contributed by atoms with Crippen LogP contribution in [0.3, 0.4) is 0 Å². The van der Waals surface area contributed by atoms with E-state index in [4.69, 9.17) is 5.11 Å². The van der Waals surface area contributed by atoms with E-state index in [9.17, 15) is 4.79 Å². The number of aromatic nitrogens is 4. The highest BCUT2D eigenvalue weighted by Gasteiger charge is 2.31. The molecule has 0 saturated heterocycles. The highest BCUT2D eigenvalue weighted by molar-refractivity contribution is 7.99. The van der Waals surface area contributed by atoms with Crippen molar-refractivity contribution in [3.63, 3.8) is 0 Å². The highest BCUT2D eigenvalue weighted by atomic mass is 32.2. The summed E-state index contributed by atoms with van der Waals surface area (Å²) in [5.74, 6) is -0.177. The van der Waals surface area contributed by atoms with Gasteiger partial charge in [0.25, 0.3) is 0 Å². The van der Waals surface area contributed by atoms with Gasteiger partial charge in [-0.2, -0.15) is 0 Å². The highest BCUT2D eigenvalue weighted by Crippen LogP contribution is 2.36. The number of nitrogens with one attached hydrogen (secondary N) is 1. The third-order valence-electron chi connectivity index (χ3n) is 3.21. The smallest absolute Gasteiger partial charge is 0.323 e.